The molecule has 4 aliphatic rings. The molecule has 1 aromatic rings. The van der Waals surface area contributed by atoms with E-state index < -0.39 is 0 Å². The highest BCUT2D eigenvalue weighted by atomic mass is 16.5. The molecule has 3 saturated carbocycles. The third-order valence-electron chi connectivity index (χ3n) is 9.92. The Labute approximate surface area is 208 Å². The second kappa shape index (κ2) is 9.51. The topological polar surface area (TPSA) is 85.4 Å². The van der Waals surface area contributed by atoms with Crippen molar-refractivity contribution in [2.75, 3.05) is 0 Å². The number of aromatic nitrogens is 1. The SMILES string of the molecule is C[C@]12CCC3C(CCC4=CC(=O)CC[C@@]43C)C1CCC2OC(=O)CCC(=O)NCc1cccnc1. The number of ether oxygens (including phenoxy) is 1. The molecule has 1 heterocycles. The van der Waals surface area contributed by atoms with Gasteiger partial charge in [-0.05, 0) is 85.8 Å². The average Bonchev–Trinajstić information content (AvgIpc) is 3.18. The fourth-order valence-corrected chi connectivity index (χ4v) is 7.93. The summed E-state index contributed by atoms with van der Waals surface area (Å²) in [6, 6.07) is 3.74. The maximum absolute atomic E-state index is 12.7. The lowest BCUT2D eigenvalue weighted by Crippen LogP contribution is -2.51. The minimum Gasteiger partial charge on any atom is -0.462 e. The normalized spacial score (nSPS) is 35.8. The molecule has 6 atom stereocenters. The van der Waals surface area contributed by atoms with Gasteiger partial charge in [0.05, 0.1) is 6.42 Å². The van der Waals surface area contributed by atoms with E-state index in [-0.39, 0.29) is 41.7 Å². The van der Waals surface area contributed by atoms with Gasteiger partial charge in [0.15, 0.2) is 5.78 Å². The Kier molecular flexibility index (Phi) is 6.58. The van der Waals surface area contributed by atoms with Gasteiger partial charge in [-0.15, -0.1) is 0 Å². The number of carbonyl (C=O) groups excluding carboxylic acids is 3. The van der Waals surface area contributed by atoms with Gasteiger partial charge in [-0.2, -0.15) is 0 Å². The molecular weight excluding hydrogens is 440 g/mol. The van der Waals surface area contributed by atoms with Crippen LogP contribution in [-0.4, -0.2) is 28.7 Å². The van der Waals surface area contributed by atoms with Gasteiger partial charge < -0.3 is 10.1 Å². The summed E-state index contributed by atoms with van der Waals surface area (Å²) in [6.07, 6.45) is 13.7. The number of nitrogens with one attached hydrogen (secondary N) is 1. The van der Waals surface area contributed by atoms with Crippen molar-refractivity contribution in [1.82, 2.24) is 10.3 Å². The fourth-order valence-electron chi connectivity index (χ4n) is 7.93. The first-order valence-electron chi connectivity index (χ1n) is 13.4. The molecule has 4 aliphatic carbocycles. The van der Waals surface area contributed by atoms with Gasteiger partial charge in [0.2, 0.25) is 5.91 Å². The first-order chi connectivity index (χ1) is 16.8. The number of hydrogen-bond acceptors (Lipinski definition) is 5. The molecule has 5 rings (SSSR count). The number of fused-ring (bicyclic) bond motifs is 5. The summed E-state index contributed by atoms with van der Waals surface area (Å²) in [5, 5.41) is 2.85. The lowest BCUT2D eigenvalue weighted by Gasteiger charge is -2.57. The van der Waals surface area contributed by atoms with E-state index in [4.69, 9.17) is 4.74 Å². The number of ketones is 1. The van der Waals surface area contributed by atoms with Crippen LogP contribution in [0.1, 0.15) is 83.6 Å². The quantitative estimate of drug-likeness (QED) is 0.587. The largest absolute Gasteiger partial charge is 0.462 e. The van der Waals surface area contributed by atoms with Crippen LogP contribution >= 0.6 is 0 Å². The van der Waals surface area contributed by atoms with E-state index in [0.717, 1.165) is 50.5 Å². The Hall–Kier alpha value is -2.50. The zero-order chi connectivity index (χ0) is 24.6. The minimum atomic E-state index is -0.262. The van der Waals surface area contributed by atoms with Crippen molar-refractivity contribution in [1.29, 1.82) is 0 Å². The van der Waals surface area contributed by atoms with Crippen LogP contribution in [0.4, 0.5) is 0 Å². The summed E-state index contributed by atoms with van der Waals surface area (Å²) in [5.41, 5.74) is 2.50. The number of esters is 1. The predicted molar refractivity (Wildman–Crippen MR) is 132 cm³/mol. The number of amides is 1. The Morgan fingerprint density at radius 1 is 1.09 bits per heavy atom. The molecule has 0 saturated heterocycles. The van der Waals surface area contributed by atoms with Crippen LogP contribution in [0.2, 0.25) is 0 Å². The molecule has 0 aliphatic heterocycles. The van der Waals surface area contributed by atoms with Crippen molar-refractivity contribution in [2.45, 2.75) is 90.7 Å². The third-order valence-corrected chi connectivity index (χ3v) is 9.92. The number of rotatable bonds is 6. The van der Waals surface area contributed by atoms with Crippen LogP contribution in [-0.2, 0) is 25.7 Å². The van der Waals surface area contributed by atoms with E-state index in [0.29, 0.717) is 36.5 Å². The van der Waals surface area contributed by atoms with Gasteiger partial charge in [-0.25, -0.2) is 0 Å². The van der Waals surface area contributed by atoms with E-state index in [1.165, 1.54) is 5.57 Å². The van der Waals surface area contributed by atoms with E-state index in [2.05, 4.69) is 24.1 Å². The molecule has 0 aromatic carbocycles. The average molecular weight is 479 g/mol. The smallest absolute Gasteiger partial charge is 0.306 e. The summed E-state index contributed by atoms with van der Waals surface area (Å²) in [7, 11) is 0. The van der Waals surface area contributed by atoms with Crippen molar-refractivity contribution in [3.05, 3.63) is 41.7 Å². The monoisotopic (exact) mass is 478 g/mol. The van der Waals surface area contributed by atoms with Crippen molar-refractivity contribution >= 4 is 17.7 Å². The molecule has 1 N–H and O–H groups in total. The Balaban J connectivity index is 1.16. The molecule has 1 amide bonds. The van der Waals surface area contributed by atoms with Gasteiger partial charge in [-0.1, -0.05) is 25.5 Å². The van der Waals surface area contributed by atoms with Crippen LogP contribution in [0.5, 0.6) is 0 Å². The van der Waals surface area contributed by atoms with Crippen molar-refractivity contribution in [2.24, 2.45) is 28.6 Å². The maximum Gasteiger partial charge on any atom is 0.306 e. The molecule has 3 fully saturated rings. The zero-order valence-electron chi connectivity index (χ0n) is 21.1. The summed E-state index contributed by atoms with van der Waals surface area (Å²) >= 11 is 0. The van der Waals surface area contributed by atoms with Gasteiger partial charge in [-0.3, -0.25) is 19.4 Å². The number of pyridine rings is 1. The summed E-state index contributed by atoms with van der Waals surface area (Å²) in [5.74, 6) is 1.74. The Morgan fingerprint density at radius 3 is 2.74 bits per heavy atom. The standard InChI is InChI=1S/C29H38N2O4/c1-28-13-11-21(32)16-20(28)5-6-22-23-7-8-25(29(23,2)14-12-24(22)28)35-27(34)10-9-26(33)31-18-19-4-3-15-30-17-19/h3-4,15-17,22-25H,5-14,18H2,1-2H3,(H,31,33)/t22?,23?,24?,25?,28-,29-/m0/s1. The molecule has 6 heteroatoms. The van der Waals surface area contributed by atoms with E-state index >= 15 is 0 Å². The van der Waals surface area contributed by atoms with Crippen LogP contribution in [0.3, 0.4) is 0 Å². The predicted octanol–water partition coefficient (Wildman–Crippen LogP) is 4.92. The number of carbonyl (C=O) groups is 3. The molecule has 188 valence electrons. The number of nitrogens with zero attached hydrogens (tertiary/aromatic N) is 1. The highest BCUT2D eigenvalue weighted by molar-refractivity contribution is 5.91. The van der Waals surface area contributed by atoms with E-state index in [1.807, 2.05) is 18.2 Å². The fraction of sp³-hybridized carbons (Fsp3) is 0.655. The summed E-state index contributed by atoms with van der Waals surface area (Å²) in [6.45, 7) is 5.14. The molecule has 1 aromatic heterocycles. The number of hydrogen-bond donors (Lipinski definition) is 1. The lowest BCUT2D eigenvalue weighted by molar-refractivity contribution is -0.160. The van der Waals surface area contributed by atoms with Gasteiger partial charge >= 0.3 is 5.97 Å². The lowest BCUT2D eigenvalue weighted by atomic mass is 9.47. The van der Waals surface area contributed by atoms with Crippen LogP contribution in [0.15, 0.2) is 36.2 Å². The number of allylic oxidation sites excluding steroid dienone is 1. The summed E-state index contributed by atoms with van der Waals surface area (Å²) in [4.78, 5) is 41.0. The van der Waals surface area contributed by atoms with Gasteiger partial charge in [0.1, 0.15) is 6.10 Å². The Morgan fingerprint density at radius 2 is 1.94 bits per heavy atom. The first kappa shape index (κ1) is 24.2. The molecular formula is C29H38N2O4. The van der Waals surface area contributed by atoms with Crippen LogP contribution in [0.25, 0.3) is 0 Å². The van der Waals surface area contributed by atoms with Crippen molar-refractivity contribution in [3.63, 3.8) is 0 Å². The highest BCUT2D eigenvalue weighted by Gasteiger charge is 2.59. The second-order valence-electron chi connectivity index (χ2n) is 11.7. The van der Waals surface area contributed by atoms with Crippen LogP contribution in [0, 0.1) is 28.6 Å². The highest BCUT2D eigenvalue weighted by Crippen LogP contribution is 2.65. The minimum absolute atomic E-state index is 0.0153. The van der Waals surface area contributed by atoms with Gasteiger partial charge in [0, 0.05) is 37.2 Å². The first-order valence-corrected chi connectivity index (χ1v) is 13.4. The van der Waals surface area contributed by atoms with Gasteiger partial charge in [0.25, 0.3) is 0 Å². The molecule has 0 radical (unpaired) electrons. The third kappa shape index (κ3) is 4.56. The second-order valence-corrected chi connectivity index (χ2v) is 11.7. The molecule has 4 unspecified atom stereocenters. The summed E-state index contributed by atoms with van der Waals surface area (Å²) < 4.78 is 6.04. The molecule has 0 bridgehead atoms. The Bertz CT molecular complexity index is 1020. The van der Waals surface area contributed by atoms with Crippen molar-refractivity contribution in [3.8, 4) is 0 Å². The van der Waals surface area contributed by atoms with E-state index in [1.54, 1.807) is 12.4 Å². The maximum atomic E-state index is 12.7. The molecule has 6 nitrogen and oxygen atoms in total. The molecule has 35 heavy (non-hydrogen) atoms. The molecule has 0 spiro atoms. The zero-order valence-corrected chi connectivity index (χ0v) is 21.1. The van der Waals surface area contributed by atoms with Crippen molar-refractivity contribution < 1.29 is 19.1 Å². The van der Waals surface area contributed by atoms with Crippen LogP contribution < -0.4 is 5.32 Å². The van der Waals surface area contributed by atoms with E-state index in [9.17, 15) is 14.4 Å².